The van der Waals surface area contributed by atoms with Crippen molar-refractivity contribution >= 4 is 17.5 Å². The zero-order valence-electron chi connectivity index (χ0n) is 12.7. The average Bonchev–Trinajstić information content (AvgIpc) is 2.58. The molecule has 5 nitrogen and oxygen atoms in total. The molecule has 2 heterocycles. The second-order valence-corrected chi connectivity index (χ2v) is 5.99. The Kier molecular flexibility index (Phi) is 4.79. The minimum absolute atomic E-state index is 0.0321. The number of nitrogens with zero attached hydrogens (tertiary/aromatic N) is 3. The number of amides is 1. The minimum atomic E-state index is -0.178. The molecule has 0 radical (unpaired) electrons. The summed E-state index contributed by atoms with van der Waals surface area (Å²) in [6.45, 7) is 3.59. The normalized spacial score (nSPS) is 15.6. The van der Waals surface area contributed by atoms with Crippen LogP contribution in [0.4, 0.5) is 0 Å². The highest BCUT2D eigenvalue weighted by molar-refractivity contribution is 6.31. The summed E-state index contributed by atoms with van der Waals surface area (Å²) < 4.78 is 0. The topological polar surface area (TPSA) is 56.7 Å². The molecule has 1 aromatic heterocycles. The van der Waals surface area contributed by atoms with E-state index in [1.54, 1.807) is 17.2 Å². The van der Waals surface area contributed by atoms with Crippen molar-refractivity contribution in [2.45, 2.75) is 6.54 Å². The van der Waals surface area contributed by atoms with E-state index in [1.165, 1.54) is 12.1 Å². The number of halogens is 1. The first-order valence-electron chi connectivity index (χ1n) is 7.53. The van der Waals surface area contributed by atoms with Crippen LogP contribution in [-0.2, 0) is 6.54 Å². The number of phenols is 1. The van der Waals surface area contributed by atoms with Gasteiger partial charge in [0.15, 0.2) is 0 Å². The Balaban J connectivity index is 1.60. The molecule has 1 N–H and O–H groups in total. The molecule has 0 unspecified atom stereocenters. The third-order valence-electron chi connectivity index (χ3n) is 3.96. The van der Waals surface area contributed by atoms with Gasteiger partial charge >= 0.3 is 0 Å². The maximum absolute atomic E-state index is 12.5. The highest BCUT2D eigenvalue weighted by Gasteiger charge is 2.24. The van der Waals surface area contributed by atoms with Crippen LogP contribution < -0.4 is 0 Å². The summed E-state index contributed by atoms with van der Waals surface area (Å²) in [5.41, 5.74) is 1.29. The number of aromatic nitrogens is 1. The van der Waals surface area contributed by atoms with Crippen molar-refractivity contribution in [3.8, 4) is 5.75 Å². The maximum atomic E-state index is 12.5. The van der Waals surface area contributed by atoms with Crippen LogP contribution in [0.25, 0.3) is 0 Å². The molecule has 0 saturated carbocycles. The quantitative estimate of drug-likeness (QED) is 0.938. The molecule has 1 fully saturated rings. The van der Waals surface area contributed by atoms with Crippen molar-refractivity contribution in [1.29, 1.82) is 0 Å². The van der Waals surface area contributed by atoms with Gasteiger partial charge in [0.05, 0.1) is 11.3 Å². The van der Waals surface area contributed by atoms with Gasteiger partial charge in [0.2, 0.25) is 0 Å². The SMILES string of the molecule is O=C(c1cc(Cl)ccc1O)N1CCN(Cc2ccccn2)CC1. The smallest absolute Gasteiger partial charge is 0.257 e. The van der Waals surface area contributed by atoms with Crippen molar-refractivity contribution in [2.24, 2.45) is 0 Å². The number of rotatable bonds is 3. The largest absolute Gasteiger partial charge is 0.507 e. The first kappa shape index (κ1) is 15.8. The summed E-state index contributed by atoms with van der Waals surface area (Å²) >= 11 is 5.92. The van der Waals surface area contributed by atoms with E-state index in [1.807, 2.05) is 18.2 Å². The average molecular weight is 332 g/mol. The fourth-order valence-electron chi connectivity index (χ4n) is 2.68. The van der Waals surface area contributed by atoms with Crippen molar-refractivity contribution < 1.29 is 9.90 Å². The fourth-order valence-corrected chi connectivity index (χ4v) is 2.85. The molecule has 1 saturated heterocycles. The van der Waals surface area contributed by atoms with Crippen molar-refractivity contribution in [3.63, 3.8) is 0 Å². The van der Waals surface area contributed by atoms with E-state index < -0.39 is 0 Å². The van der Waals surface area contributed by atoms with Gasteiger partial charge in [0.25, 0.3) is 5.91 Å². The summed E-state index contributed by atoms with van der Waals surface area (Å²) in [5, 5.41) is 10.3. The summed E-state index contributed by atoms with van der Waals surface area (Å²) in [6.07, 6.45) is 1.79. The number of pyridine rings is 1. The number of hydrogen-bond donors (Lipinski definition) is 1. The van der Waals surface area contributed by atoms with E-state index in [4.69, 9.17) is 11.6 Å². The van der Waals surface area contributed by atoms with Crippen molar-refractivity contribution in [2.75, 3.05) is 26.2 Å². The lowest BCUT2D eigenvalue weighted by molar-refractivity contribution is 0.0624. The molecule has 0 aliphatic carbocycles. The van der Waals surface area contributed by atoms with E-state index in [2.05, 4.69) is 9.88 Å². The Morgan fingerprint density at radius 1 is 1.17 bits per heavy atom. The summed E-state index contributed by atoms with van der Waals surface area (Å²) in [4.78, 5) is 20.9. The summed E-state index contributed by atoms with van der Waals surface area (Å²) in [7, 11) is 0. The number of aromatic hydroxyl groups is 1. The first-order chi connectivity index (χ1) is 11.1. The van der Waals surface area contributed by atoms with Gasteiger partial charge in [-0.3, -0.25) is 14.7 Å². The first-order valence-corrected chi connectivity index (χ1v) is 7.91. The standard InChI is InChI=1S/C17H18ClN3O2/c18-13-4-5-16(22)15(11-13)17(23)21-9-7-20(8-10-21)12-14-3-1-2-6-19-14/h1-6,11,22H,7-10,12H2. The molecule has 23 heavy (non-hydrogen) atoms. The molecular weight excluding hydrogens is 314 g/mol. The molecule has 120 valence electrons. The number of benzene rings is 1. The van der Waals surface area contributed by atoms with Gasteiger partial charge in [-0.2, -0.15) is 0 Å². The molecular formula is C17H18ClN3O2. The van der Waals surface area contributed by atoms with Gasteiger partial charge in [-0.05, 0) is 30.3 Å². The molecule has 1 aromatic carbocycles. The van der Waals surface area contributed by atoms with Crippen LogP contribution in [0.1, 0.15) is 16.1 Å². The monoisotopic (exact) mass is 331 g/mol. The third kappa shape index (κ3) is 3.81. The molecule has 6 heteroatoms. The number of piperazine rings is 1. The summed E-state index contributed by atoms with van der Waals surface area (Å²) in [6, 6.07) is 10.4. The van der Waals surface area contributed by atoms with Crippen LogP contribution in [0.15, 0.2) is 42.6 Å². The summed E-state index contributed by atoms with van der Waals surface area (Å²) in [5.74, 6) is -0.210. The van der Waals surface area contributed by atoms with Gasteiger partial charge in [0.1, 0.15) is 5.75 Å². The Morgan fingerprint density at radius 3 is 2.65 bits per heavy atom. The van der Waals surface area contributed by atoms with E-state index in [0.29, 0.717) is 18.1 Å². The van der Waals surface area contributed by atoms with E-state index in [0.717, 1.165) is 25.3 Å². The second-order valence-electron chi connectivity index (χ2n) is 5.55. The van der Waals surface area contributed by atoms with Crippen LogP contribution in [0.3, 0.4) is 0 Å². The fraction of sp³-hybridized carbons (Fsp3) is 0.294. The molecule has 0 spiro atoms. The molecule has 1 aliphatic rings. The predicted octanol–water partition coefficient (Wildman–Crippen LogP) is 2.40. The number of hydrogen-bond acceptors (Lipinski definition) is 4. The van der Waals surface area contributed by atoms with Gasteiger partial charge in [-0.15, -0.1) is 0 Å². The van der Waals surface area contributed by atoms with E-state index in [-0.39, 0.29) is 17.2 Å². The lowest BCUT2D eigenvalue weighted by atomic mass is 10.1. The third-order valence-corrected chi connectivity index (χ3v) is 4.20. The van der Waals surface area contributed by atoms with Gasteiger partial charge in [0, 0.05) is 43.9 Å². The van der Waals surface area contributed by atoms with Gasteiger partial charge < -0.3 is 10.0 Å². The van der Waals surface area contributed by atoms with E-state index >= 15 is 0 Å². The number of phenolic OH excluding ortho intramolecular Hbond substituents is 1. The zero-order chi connectivity index (χ0) is 16.2. The van der Waals surface area contributed by atoms with Gasteiger partial charge in [-0.1, -0.05) is 17.7 Å². The Hall–Kier alpha value is -2.11. The van der Waals surface area contributed by atoms with Crippen LogP contribution >= 0.6 is 11.6 Å². The lowest BCUT2D eigenvalue weighted by Crippen LogP contribution is -2.48. The number of carbonyl (C=O) groups is 1. The van der Waals surface area contributed by atoms with Crippen molar-refractivity contribution in [3.05, 3.63) is 58.9 Å². The van der Waals surface area contributed by atoms with Crippen LogP contribution in [0.5, 0.6) is 5.75 Å². The van der Waals surface area contributed by atoms with Gasteiger partial charge in [-0.25, -0.2) is 0 Å². The Morgan fingerprint density at radius 2 is 1.96 bits per heavy atom. The molecule has 1 amide bonds. The van der Waals surface area contributed by atoms with Crippen molar-refractivity contribution in [1.82, 2.24) is 14.8 Å². The molecule has 0 bridgehead atoms. The van der Waals surface area contributed by atoms with Crippen LogP contribution in [-0.4, -0.2) is 52.0 Å². The highest BCUT2D eigenvalue weighted by atomic mass is 35.5. The maximum Gasteiger partial charge on any atom is 0.257 e. The molecule has 1 aliphatic heterocycles. The molecule has 0 atom stereocenters. The highest BCUT2D eigenvalue weighted by Crippen LogP contribution is 2.23. The Labute approximate surface area is 140 Å². The number of carbonyl (C=O) groups excluding carboxylic acids is 1. The van der Waals surface area contributed by atoms with E-state index in [9.17, 15) is 9.90 Å². The predicted molar refractivity (Wildman–Crippen MR) is 88.5 cm³/mol. The zero-order valence-corrected chi connectivity index (χ0v) is 13.4. The minimum Gasteiger partial charge on any atom is -0.507 e. The van der Waals surface area contributed by atoms with Crippen LogP contribution in [0, 0.1) is 0 Å². The molecule has 2 aromatic rings. The lowest BCUT2D eigenvalue weighted by Gasteiger charge is -2.34. The van der Waals surface area contributed by atoms with Crippen LogP contribution in [0.2, 0.25) is 5.02 Å². The molecule has 3 rings (SSSR count). The second kappa shape index (κ2) is 6.98. The Bertz CT molecular complexity index is 685.